The molecule has 0 radical (unpaired) electrons. The van der Waals surface area contributed by atoms with Gasteiger partial charge in [-0.3, -0.25) is 0 Å². The first-order chi connectivity index (χ1) is 11.7. The van der Waals surface area contributed by atoms with Crippen LogP contribution in [0.3, 0.4) is 0 Å². The maximum atomic E-state index is 13.5. The summed E-state index contributed by atoms with van der Waals surface area (Å²) in [6.45, 7) is 4.50. The van der Waals surface area contributed by atoms with Crippen molar-refractivity contribution in [2.45, 2.75) is 84.5 Å². The van der Waals surface area contributed by atoms with Crippen molar-refractivity contribution in [2.24, 2.45) is 0 Å². The van der Waals surface area contributed by atoms with Gasteiger partial charge in [0.25, 0.3) is 0 Å². The van der Waals surface area contributed by atoms with Crippen molar-refractivity contribution >= 4 is 7.14 Å². The second-order valence-electron chi connectivity index (χ2n) is 7.29. The van der Waals surface area contributed by atoms with Gasteiger partial charge in [-0.25, -0.2) is 0 Å². The van der Waals surface area contributed by atoms with Crippen LogP contribution >= 0.6 is 7.14 Å². The highest BCUT2D eigenvalue weighted by atomic mass is 31.2. The molecule has 24 heavy (non-hydrogen) atoms. The summed E-state index contributed by atoms with van der Waals surface area (Å²) in [4.78, 5) is 0. The van der Waals surface area contributed by atoms with Crippen molar-refractivity contribution in [3.8, 4) is 0 Å². The number of hydrogen-bond donors (Lipinski definition) is 0. The zero-order valence-corrected chi connectivity index (χ0v) is 17.0. The maximum absolute atomic E-state index is 13.5. The Balaban J connectivity index is 2.42. The van der Waals surface area contributed by atoms with Gasteiger partial charge in [-0.1, -0.05) is 95.5 Å². The molecule has 0 bridgehead atoms. The summed E-state index contributed by atoms with van der Waals surface area (Å²) in [5.74, 6) is 0. The normalized spacial score (nSPS) is 11.8. The van der Waals surface area contributed by atoms with E-state index in [9.17, 15) is 4.57 Å². The van der Waals surface area contributed by atoms with Gasteiger partial charge >= 0.3 is 0 Å². The minimum Gasteiger partial charge on any atom is -0.324 e. The van der Waals surface area contributed by atoms with Crippen LogP contribution in [0.1, 0.15) is 83.6 Å². The van der Waals surface area contributed by atoms with E-state index < -0.39 is 7.14 Å². The monoisotopic (exact) mass is 350 g/mol. The Morgan fingerprint density at radius 2 is 1.17 bits per heavy atom. The Labute approximate surface area is 151 Å². The lowest BCUT2D eigenvalue weighted by Crippen LogP contribution is -2.04. The molecule has 0 amide bonds. The number of rotatable bonds is 15. The highest BCUT2D eigenvalue weighted by molar-refractivity contribution is 7.63. The fraction of sp³-hybridized carbons (Fsp3) is 0.727. The minimum atomic E-state index is -1.98. The molecule has 2 heteroatoms. The zero-order chi connectivity index (χ0) is 17.5. The average Bonchev–Trinajstić information content (AvgIpc) is 2.61. The van der Waals surface area contributed by atoms with Crippen LogP contribution in [0, 0.1) is 0 Å². The van der Waals surface area contributed by atoms with Gasteiger partial charge in [0.2, 0.25) is 0 Å². The summed E-state index contributed by atoms with van der Waals surface area (Å²) in [5, 5.41) is 0. The van der Waals surface area contributed by atoms with E-state index in [0.717, 1.165) is 24.9 Å². The largest absolute Gasteiger partial charge is 0.324 e. The maximum Gasteiger partial charge on any atom is 0.0880 e. The molecule has 0 saturated carbocycles. The van der Waals surface area contributed by atoms with Crippen LogP contribution in [0.5, 0.6) is 0 Å². The number of unbranched alkanes of at least 4 members (excludes halogenated alkanes) is 8. The van der Waals surface area contributed by atoms with E-state index in [1.807, 2.05) is 0 Å². The lowest BCUT2D eigenvalue weighted by molar-refractivity contribution is 0.563. The Hall–Kier alpha value is -0.550. The molecule has 0 atom stereocenters. The zero-order valence-electron chi connectivity index (χ0n) is 16.1. The van der Waals surface area contributed by atoms with Crippen LogP contribution in [0.25, 0.3) is 0 Å². The fourth-order valence-corrected chi connectivity index (χ4v) is 6.26. The van der Waals surface area contributed by atoms with E-state index in [1.54, 1.807) is 0 Å². The van der Waals surface area contributed by atoms with Gasteiger partial charge in [0.1, 0.15) is 0 Å². The van der Waals surface area contributed by atoms with Crippen LogP contribution in [0.15, 0.2) is 30.3 Å². The number of aryl methyl sites for hydroxylation is 1. The first-order valence-corrected chi connectivity index (χ1v) is 12.6. The third-order valence-electron chi connectivity index (χ3n) is 4.99. The minimum absolute atomic E-state index is 0.915. The Morgan fingerprint density at radius 3 is 1.67 bits per heavy atom. The third kappa shape index (κ3) is 10.3. The smallest absolute Gasteiger partial charge is 0.0880 e. The molecular weight excluding hydrogens is 311 g/mol. The van der Waals surface area contributed by atoms with Gasteiger partial charge in [-0.2, -0.15) is 0 Å². The molecule has 1 rings (SSSR count). The van der Waals surface area contributed by atoms with Crippen LogP contribution < -0.4 is 0 Å². The Kier molecular flexibility index (Phi) is 12.3. The molecule has 1 nitrogen and oxygen atoms in total. The van der Waals surface area contributed by atoms with Crippen molar-refractivity contribution in [1.29, 1.82) is 0 Å². The summed E-state index contributed by atoms with van der Waals surface area (Å²) in [6, 6.07) is 10.6. The number of benzene rings is 1. The van der Waals surface area contributed by atoms with E-state index in [-0.39, 0.29) is 0 Å². The highest BCUT2D eigenvalue weighted by Crippen LogP contribution is 2.48. The third-order valence-corrected chi connectivity index (χ3v) is 8.29. The Morgan fingerprint density at radius 1 is 0.667 bits per heavy atom. The predicted octanol–water partition coefficient (Wildman–Crippen LogP) is 7.53. The van der Waals surface area contributed by atoms with Crippen LogP contribution in [-0.4, -0.2) is 18.5 Å². The average molecular weight is 351 g/mol. The van der Waals surface area contributed by atoms with Crippen LogP contribution in [-0.2, 0) is 11.0 Å². The molecule has 0 saturated heterocycles. The summed E-state index contributed by atoms with van der Waals surface area (Å²) in [6.07, 6.45) is 16.6. The molecule has 0 aromatic heterocycles. The van der Waals surface area contributed by atoms with E-state index in [2.05, 4.69) is 44.2 Å². The van der Waals surface area contributed by atoms with E-state index in [0.29, 0.717) is 0 Å². The lowest BCUT2D eigenvalue weighted by atomic mass is 10.2. The van der Waals surface area contributed by atoms with Crippen LogP contribution in [0.4, 0.5) is 0 Å². The molecule has 0 spiro atoms. The molecule has 138 valence electrons. The summed E-state index contributed by atoms with van der Waals surface area (Å²) in [5.41, 5.74) is 1.34. The fourth-order valence-electron chi connectivity index (χ4n) is 3.32. The first-order valence-electron chi connectivity index (χ1n) is 10.3. The van der Waals surface area contributed by atoms with Crippen LogP contribution in [0.2, 0.25) is 0 Å². The first kappa shape index (κ1) is 21.5. The Bertz CT molecular complexity index is 423. The van der Waals surface area contributed by atoms with Crippen molar-refractivity contribution < 1.29 is 4.57 Å². The summed E-state index contributed by atoms with van der Waals surface area (Å²) >= 11 is 0. The molecule has 0 aliphatic carbocycles. The van der Waals surface area contributed by atoms with Crippen molar-refractivity contribution in [1.82, 2.24) is 0 Å². The second kappa shape index (κ2) is 13.7. The van der Waals surface area contributed by atoms with Crippen molar-refractivity contribution in [3.05, 3.63) is 35.9 Å². The van der Waals surface area contributed by atoms with Crippen molar-refractivity contribution in [3.63, 3.8) is 0 Å². The van der Waals surface area contributed by atoms with Gasteiger partial charge in [0.05, 0.1) is 7.14 Å². The van der Waals surface area contributed by atoms with Gasteiger partial charge in [0.15, 0.2) is 0 Å². The summed E-state index contributed by atoms with van der Waals surface area (Å²) in [7, 11) is -1.98. The summed E-state index contributed by atoms with van der Waals surface area (Å²) < 4.78 is 13.5. The molecule has 0 unspecified atom stereocenters. The van der Waals surface area contributed by atoms with Gasteiger partial charge < -0.3 is 4.57 Å². The molecule has 1 aromatic carbocycles. The molecule has 0 aliphatic heterocycles. The topological polar surface area (TPSA) is 17.1 Å². The standard InChI is InChI=1S/C22H39OP/c1-3-5-7-9-14-19-24(23,20-15-10-8-6-4-2)21-18-22-16-12-11-13-17-22/h11-13,16-17H,3-10,14-15,18-21H2,1-2H3. The molecule has 1 aromatic rings. The van der Waals surface area contributed by atoms with Crippen molar-refractivity contribution in [2.75, 3.05) is 18.5 Å². The number of hydrogen-bond acceptors (Lipinski definition) is 1. The lowest BCUT2D eigenvalue weighted by Gasteiger charge is -2.18. The second-order valence-corrected chi connectivity index (χ2v) is 10.8. The van der Waals surface area contributed by atoms with Gasteiger partial charge in [0, 0.05) is 18.5 Å². The molecule has 0 aliphatic rings. The van der Waals surface area contributed by atoms with E-state index in [1.165, 1.54) is 69.8 Å². The van der Waals surface area contributed by atoms with Gasteiger partial charge in [-0.05, 0) is 24.8 Å². The van der Waals surface area contributed by atoms with E-state index in [4.69, 9.17) is 0 Å². The molecule has 0 N–H and O–H groups in total. The molecule has 0 fully saturated rings. The SMILES string of the molecule is CCCCCCCP(=O)(CCCCCCC)CCc1ccccc1. The quantitative estimate of drug-likeness (QED) is 0.236. The molecule has 0 heterocycles. The van der Waals surface area contributed by atoms with Gasteiger partial charge in [-0.15, -0.1) is 0 Å². The van der Waals surface area contributed by atoms with E-state index >= 15 is 0 Å². The molecular formula is C22H39OP. The highest BCUT2D eigenvalue weighted by Gasteiger charge is 2.20. The predicted molar refractivity (Wildman–Crippen MR) is 110 cm³/mol.